The lowest BCUT2D eigenvalue weighted by atomic mass is 9.92. The molecule has 1 aromatic rings. The number of para-hydroxylation sites is 1. The Morgan fingerprint density at radius 3 is 2.73 bits per heavy atom. The molecule has 0 spiro atoms. The third-order valence-electron chi connectivity index (χ3n) is 3.93. The van der Waals surface area contributed by atoms with Gasteiger partial charge in [0.05, 0.1) is 6.04 Å². The maximum absolute atomic E-state index is 11.9. The van der Waals surface area contributed by atoms with Gasteiger partial charge in [-0.1, -0.05) is 24.6 Å². The van der Waals surface area contributed by atoms with E-state index in [9.17, 15) is 4.79 Å². The Bertz CT molecular complexity index is 479. The fourth-order valence-corrected chi connectivity index (χ4v) is 2.81. The molecule has 0 aromatic heterocycles. The smallest absolute Gasteiger partial charge is 0.221 e. The minimum Gasteiger partial charge on any atom is -0.488 e. The van der Waals surface area contributed by atoms with Crippen LogP contribution in [0.5, 0.6) is 5.75 Å². The van der Waals surface area contributed by atoms with Gasteiger partial charge in [0.1, 0.15) is 11.9 Å². The first-order valence-electron chi connectivity index (χ1n) is 7.83. The first-order chi connectivity index (χ1) is 10.1. The van der Waals surface area contributed by atoms with E-state index in [1.54, 1.807) is 0 Å². The van der Waals surface area contributed by atoms with Crippen molar-refractivity contribution in [3.63, 3.8) is 0 Å². The van der Waals surface area contributed by atoms with E-state index in [1.807, 2.05) is 38.1 Å². The Balaban J connectivity index is 0.00000242. The first kappa shape index (κ1) is 18.8. The molecular weight excluding hydrogens is 300 g/mol. The largest absolute Gasteiger partial charge is 0.488 e. The lowest BCUT2D eigenvalue weighted by Crippen LogP contribution is -2.48. The average molecular weight is 327 g/mol. The van der Waals surface area contributed by atoms with E-state index >= 15 is 0 Å². The Labute approximate surface area is 139 Å². The number of amides is 1. The highest BCUT2D eigenvalue weighted by atomic mass is 35.5. The second kappa shape index (κ2) is 9.01. The van der Waals surface area contributed by atoms with Crippen LogP contribution in [-0.2, 0) is 4.79 Å². The van der Waals surface area contributed by atoms with Crippen molar-refractivity contribution in [2.45, 2.75) is 64.1 Å². The SMILES string of the molecule is Cc1ccccc1OC1CCCCC1NC(=O)CC(C)N.Cl. The predicted molar refractivity (Wildman–Crippen MR) is 91.5 cm³/mol. The number of carbonyl (C=O) groups excluding carboxylic acids is 1. The quantitative estimate of drug-likeness (QED) is 0.874. The molecule has 1 amide bonds. The first-order valence-corrected chi connectivity index (χ1v) is 7.83. The van der Waals surface area contributed by atoms with Gasteiger partial charge in [0.15, 0.2) is 0 Å². The summed E-state index contributed by atoms with van der Waals surface area (Å²) in [5.41, 5.74) is 6.81. The molecule has 4 nitrogen and oxygen atoms in total. The average Bonchev–Trinajstić information content (AvgIpc) is 2.42. The van der Waals surface area contributed by atoms with Gasteiger partial charge >= 0.3 is 0 Å². The molecule has 22 heavy (non-hydrogen) atoms. The fourth-order valence-electron chi connectivity index (χ4n) is 2.81. The summed E-state index contributed by atoms with van der Waals surface area (Å²) < 4.78 is 6.16. The monoisotopic (exact) mass is 326 g/mol. The van der Waals surface area contributed by atoms with Crippen molar-refractivity contribution >= 4 is 18.3 Å². The number of rotatable bonds is 5. The number of nitrogens with two attached hydrogens (primary N) is 1. The van der Waals surface area contributed by atoms with E-state index in [1.165, 1.54) is 0 Å². The third-order valence-corrected chi connectivity index (χ3v) is 3.93. The fraction of sp³-hybridized carbons (Fsp3) is 0.588. The van der Waals surface area contributed by atoms with Gasteiger partial charge in [-0.2, -0.15) is 0 Å². The standard InChI is InChI=1S/C17H26N2O2.ClH/c1-12-7-3-5-9-15(12)21-16-10-6-4-8-14(16)19-17(20)11-13(2)18;/h3,5,7,9,13-14,16H,4,6,8,10-11,18H2,1-2H3,(H,19,20);1H. The van der Waals surface area contributed by atoms with Crippen molar-refractivity contribution in [2.75, 3.05) is 0 Å². The van der Waals surface area contributed by atoms with Crippen molar-refractivity contribution in [1.82, 2.24) is 5.32 Å². The minimum atomic E-state index is -0.107. The van der Waals surface area contributed by atoms with Gasteiger partial charge in [0.2, 0.25) is 5.91 Å². The lowest BCUT2D eigenvalue weighted by Gasteiger charge is -2.33. The van der Waals surface area contributed by atoms with Crippen LogP contribution in [0.4, 0.5) is 0 Å². The molecule has 3 N–H and O–H groups in total. The van der Waals surface area contributed by atoms with E-state index in [0.717, 1.165) is 37.0 Å². The number of aryl methyl sites for hydroxylation is 1. The van der Waals surface area contributed by atoms with Gasteiger partial charge in [-0.25, -0.2) is 0 Å². The van der Waals surface area contributed by atoms with Crippen LogP contribution in [0.3, 0.4) is 0 Å². The summed E-state index contributed by atoms with van der Waals surface area (Å²) in [5.74, 6) is 0.936. The van der Waals surface area contributed by atoms with Crippen molar-refractivity contribution in [2.24, 2.45) is 5.73 Å². The third kappa shape index (κ3) is 5.50. The van der Waals surface area contributed by atoms with Gasteiger partial charge in [-0.05, 0) is 44.7 Å². The molecule has 2 rings (SSSR count). The normalized spacial score (nSPS) is 22.3. The summed E-state index contributed by atoms with van der Waals surface area (Å²) in [6, 6.07) is 8.00. The topological polar surface area (TPSA) is 64.3 Å². The molecular formula is C17H27ClN2O2. The number of halogens is 1. The van der Waals surface area contributed by atoms with Gasteiger partial charge in [-0.15, -0.1) is 12.4 Å². The van der Waals surface area contributed by atoms with Gasteiger partial charge in [0.25, 0.3) is 0 Å². The second-order valence-corrected chi connectivity index (χ2v) is 6.06. The van der Waals surface area contributed by atoms with Crippen LogP contribution < -0.4 is 15.8 Å². The summed E-state index contributed by atoms with van der Waals surface area (Å²) in [7, 11) is 0. The Kier molecular flexibility index (Phi) is 7.69. The van der Waals surface area contributed by atoms with Crippen LogP contribution in [0, 0.1) is 6.92 Å². The van der Waals surface area contributed by atoms with Gasteiger partial charge < -0.3 is 15.8 Å². The molecule has 0 bridgehead atoms. The molecule has 1 aliphatic rings. The van der Waals surface area contributed by atoms with Gasteiger partial charge in [-0.3, -0.25) is 4.79 Å². The maximum Gasteiger partial charge on any atom is 0.221 e. The van der Waals surface area contributed by atoms with Crippen LogP contribution in [0.15, 0.2) is 24.3 Å². The highest BCUT2D eigenvalue weighted by molar-refractivity contribution is 5.85. The van der Waals surface area contributed by atoms with Crippen LogP contribution in [0.1, 0.15) is 44.6 Å². The molecule has 3 unspecified atom stereocenters. The summed E-state index contributed by atoms with van der Waals surface area (Å²) in [4.78, 5) is 11.9. The molecule has 1 aromatic carbocycles. The molecule has 1 fully saturated rings. The van der Waals surface area contributed by atoms with Crippen molar-refractivity contribution < 1.29 is 9.53 Å². The second-order valence-electron chi connectivity index (χ2n) is 6.06. The molecule has 0 radical (unpaired) electrons. The van der Waals surface area contributed by atoms with Crippen molar-refractivity contribution in [3.8, 4) is 5.75 Å². The zero-order valence-corrected chi connectivity index (χ0v) is 14.2. The van der Waals surface area contributed by atoms with E-state index in [0.29, 0.717) is 6.42 Å². The van der Waals surface area contributed by atoms with E-state index in [2.05, 4.69) is 5.32 Å². The summed E-state index contributed by atoms with van der Waals surface area (Å²) in [5, 5.41) is 3.10. The highest BCUT2D eigenvalue weighted by Crippen LogP contribution is 2.26. The van der Waals surface area contributed by atoms with Crippen LogP contribution in [0.25, 0.3) is 0 Å². The maximum atomic E-state index is 11.9. The Morgan fingerprint density at radius 2 is 2.05 bits per heavy atom. The van der Waals surface area contributed by atoms with Crippen LogP contribution in [0.2, 0.25) is 0 Å². The molecule has 124 valence electrons. The number of hydrogen-bond donors (Lipinski definition) is 2. The van der Waals surface area contributed by atoms with Crippen molar-refractivity contribution in [1.29, 1.82) is 0 Å². The molecule has 1 aliphatic carbocycles. The van der Waals surface area contributed by atoms with Gasteiger partial charge in [0, 0.05) is 12.5 Å². The van der Waals surface area contributed by atoms with E-state index in [4.69, 9.17) is 10.5 Å². The van der Waals surface area contributed by atoms with Crippen molar-refractivity contribution in [3.05, 3.63) is 29.8 Å². The molecule has 3 atom stereocenters. The Hall–Kier alpha value is -1.26. The predicted octanol–water partition coefficient (Wildman–Crippen LogP) is 2.96. The molecule has 0 heterocycles. The number of benzene rings is 1. The lowest BCUT2D eigenvalue weighted by molar-refractivity contribution is -0.123. The summed E-state index contributed by atoms with van der Waals surface area (Å²) in [6.45, 7) is 3.89. The zero-order chi connectivity index (χ0) is 15.2. The summed E-state index contributed by atoms with van der Waals surface area (Å²) in [6.07, 6.45) is 4.66. The molecule has 5 heteroatoms. The number of hydrogen-bond acceptors (Lipinski definition) is 3. The Morgan fingerprint density at radius 1 is 1.36 bits per heavy atom. The highest BCUT2D eigenvalue weighted by Gasteiger charge is 2.28. The number of carbonyl (C=O) groups is 1. The van der Waals surface area contributed by atoms with Crippen LogP contribution >= 0.6 is 12.4 Å². The van der Waals surface area contributed by atoms with E-state index < -0.39 is 0 Å². The number of nitrogens with one attached hydrogen (secondary N) is 1. The number of ether oxygens (including phenoxy) is 1. The summed E-state index contributed by atoms with van der Waals surface area (Å²) >= 11 is 0. The zero-order valence-electron chi connectivity index (χ0n) is 13.4. The molecule has 1 saturated carbocycles. The van der Waals surface area contributed by atoms with E-state index in [-0.39, 0.29) is 36.5 Å². The minimum absolute atomic E-state index is 0. The molecule has 0 saturated heterocycles. The molecule has 0 aliphatic heterocycles. The van der Waals surface area contributed by atoms with Crippen LogP contribution in [-0.4, -0.2) is 24.1 Å².